The third-order valence-electron chi connectivity index (χ3n) is 3.19. The molecule has 0 aromatic heterocycles. The van der Waals surface area contributed by atoms with E-state index in [0.717, 1.165) is 12.1 Å². The molecule has 0 unspecified atom stereocenters. The zero-order chi connectivity index (χ0) is 13.6. The minimum atomic E-state index is -4.31. The molecule has 0 aliphatic heterocycles. The average molecular weight is 258 g/mol. The van der Waals surface area contributed by atoms with E-state index in [-0.39, 0.29) is 24.0 Å². The number of carbonyl (C=O) groups is 2. The summed E-state index contributed by atoms with van der Waals surface area (Å²) in [7, 11) is 0. The smallest absolute Gasteiger partial charge is 0.398 e. The molecule has 0 atom stereocenters. The van der Waals surface area contributed by atoms with Gasteiger partial charge in [-0.2, -0.15) is 13.2 Å². The molecule has 1 fully saturated rings. The number of hydrogen-bond acceptors (Lipinski definition) is 2. The van der Waals surface area contributed by atoms with Crippen molar-refractivity contribution >= 4 is 11.8 Å². The van der Waals surface area contributed by atoms with Gasteiger partial charge in [0.05, 0.1) is 5.41 Å². The fraction of sp³-hybridized carbons (Fsp3) is 0.333. The molecule has 3 nitrogen and oxygen atoms in total. The highest BCUT2D eigenvalue weighted by Gasteiger charge is 2.64. The van der Waals surface area contributed by atoms with Crippen LogP contribution in [0.3, 0.4) is 0 Å². The fourth-order valence-electron chi connectivity index (χ4n) is 1.92. The van der Waals surface area contributed by atoms with E-state index in [2.05, 4.69) is 0 Å². The van der Waals surface area contributed by atoms with Crippen LogP contribution in [-0.4, -0.2) is 23.0 Å². The third kappa shape index (κ3) is 1.87. The Balaban J connectivity index is 2.29. The van der Waals surface area contributed by atoms with Crippen LogP contribution in [0, 0.1) is 0 Å². The average Bonchev–Trinajstić information content (AvgIpc) is 3.08. The Labute approximate surface area is 100 Å². The van der Waals surface area contributed by atoms with Crippen molar-refractivity contribution in [3.8, 4) is 0 Å². The molecule has 1 aromatic rings. The number of benzene rings is 1. The highest BCUT2D eigenvalue weighted by Crippen LogP contribution is 2.58. The molecule has 0 bridgehead atoms. The van der Waals surface area contributed by atoms with E-state index in [1.165, 1.54) is 12.1 Å². The summed E-state index contributed by atoms with van der Waals surface area (Å²) < 4.78 is 38.4. The molecule has 2 rings (SSSR count). The summed E-state index contributed by atoms with van der Waals surface area (Å²) in [5.41, 5.74) is -1.85. The molecule has 96 valence electrons. The minimum Gasteiger partial charge on any atom is -0.475 e. The number of carboxylic acids is 1. The molecule has 0 amide bonds. The molecule has 0 spiro atoms. The van der Waals surface area contributed by atoms with Crippen molar-refractivity contribution in [1.29, 1.82) is 0 Å². The number of aliphatic carboxylic acids is 1. The highest BCUT2D eigenvalue weighted by molar-refractivity contribution is 6.39. The van der Waals surface area contributed by atoms with Crippen molar-refractivity contribution in [2.75, 3.05) is 0 Å². The van der Waals surface area contributed by atoms with E-state index in [9.17, 15) is 22.8 Å². The first kappa shape index (κ1) is 12.6. The lowest BCUT2D eigenvalue weighted by molar-refractivity contribution is -0.160. The van der Waals surface area contributed by atoms with Crippen LogP contribution in [0.15, 0.2) is 24.3 Å². The van der Waals surface area contributed by atoms with Crippen LogP contribution in [0.25, 0.3) is 0 Å². The van der Waals surface area contributed by atoms with Gasteiger partial charge in [0.25, 0.3) is 5.78 Å². The lowest BCUT2D eigenvalue weighted by Gasteiger charge is -2.19. The predicted octanol–water partition coefficient (Wildman–Crippen LogP) is 2.55. The number of Topliss-reactive ketones (excluding diaryl/α,β-unsaturated/α-hetero) is 1. The Hall–Kier alpha value is -1.85. The van der Waals surface area contributed by atoms with E-state index in [1.54, 1.807) is 0 Å². The molecule has 1 saturated carbocycles. The second kappa shape index (κ2) is 3.83. The standard InChI is InChI=1S/C12H9F3O3/c13-12(14,15)11(5-6-11)8-3-1-7(2-4-8)9(16)10(17)18/h1-4H,5-6H2,(H,17,18). The largest absolute Gasteiger partial charge is 0.475 e. The molecule has 0 radical (unpaired) electrons. The molecular weight excluding hydrogens is 249 g/mol. The molecular formula is C12H9F3O3. The second-order valence-corrected chi connectivity index (χ2v) is 4.29. The first-order valence-electron chi connectivity index (χ1n) is 5.23. The number of halogens is 3. The monoisotopic (exact) mass is 258 g/mol. The Morgan fingerprint density at radius 3 is 1.94 bits per heavy atom. The topological polar surface area (TPSA) is 54.4 Å². The quantitative estimate of drug-likeness (QED) is 0.669. The van der Waals surface area contributed by atoms with Gasteiger partial charge in [0.2, 0.25) is 0 Å². The second-order valence-electron chi connectivity index (χ2n) is 4.29. The van der Waals surface area contributed by atoms with Crippen LogP contribution in [0.1, 0.15) is 28.8 Å². The predicted molar refractivity (Wildman–Crippen MR) is 55.4 cm³/mol. The Bertz CT molecular complexity index is 498. The molecule has 6 heteroatoms. The molecule has 0 saturated heterocycles. The number of carboxylic acid groups (broad SMARTS) is 1. The van der Waals surface area contributed by atoms with Gasteiger partial charge < -0.3 is 5.11 Å². The van der Waals surface area contributed by atoms with Crippen LogP contribution < -0.4 is 0 Å². The maximum absolute atomic E-state index is 12.8. The number of carbonyl (C=O) groups excluding carboxylic acids is 1. The molecule has 0 heterocycles. The van der Waals surface area contributed by atoms with Gasteiger partial charge in [-0.3, -0.25) is 4.79 Å². The first-order chi connectivity index (χ1) is 8.28. The van der Waals surface area contributed by atoms with E-state index >= 15 is 0 Å². The van der Waals surface area contributed by atoms with Crippen molar-refractivity contribution in [3.05, 3.63) is 35.4 Å². The van der Waals surface area contributed by atoms with Gasteiger partial charge in [0.1, 0.15) is 0 Å². The number of hydrogen-bond donors (Lipinski definition) is 1. The van der Waals surface area contributed by atoms with Gasteiger partial charge in [0.15, 0.2) is 0 Å². The van der Waals surface area contributed by atoms with E-state index in [1.807, 2.05) is 0 Å². The summed E-state index contributed by atoms with van der Waals surface area (Å²) in [5.74, 6) is -2.75. The van der Waals surface area contributed by atoms with Crippen molar-refractivity contribution in [1.82, 2.24) is 0 Å². The van der Waals surface area contributed by atoms with Crippen LogP contribution in [-0.2, 0) is 10.2 Å². The van der Waals surface area contributed by atoms with Crippen LogP contribution >= 0.6 is 0 Å². The van der Waals surface area contributed by atoms with E-state index in [0.29, 0.717) is 0 Å². The maximum atomic E-state index is 12.8. The zero-order valence-corrected chi connectivity index (χ0v) is 9.12. The highest BCUT2D eigenvalue weighted by atomic mass is 19.4. The van der Waals surface area contributed by atoms with Gasteiger partial charge >= 0.3 is 12.1 Å². The summed E-state index contributed by atoms with van der Waals surface area (Å²) in [6.45, 7) is 0. The van der Waals surface area contributed by atoms with Crippen LogP contribution in [0.2, 0.25) is 0 Å². The normalized spacial score (nSPS) is 17.3. The van der Waals surface area contributed by atoms with Crippen LogP contribution in [0.5, 0.6) is 0 Å². The van der Waals surface area contributed by atoms with E-state index < -0.39 is 23.3 Å². The summed E-state index contributed by atoms with van der Waals surface area (Å²) in [6, 6.07) is 4.60. The van der Waals surface area contributed by atoms with E-state index in [4.69, 9.17) is 5.11 Å². The summed E-state index contributed by atoms with van der Waals surface area (Å²) in [5, 5.41) is 8.48. The van der Waals surface area contributed by atoms with Crippen molar-refractivity contribution < 1.29 is 27.9 Å². The maximum Gasteiger partial charge on any atom is 0.398 e. The Morgan fingerprint density at radius 2 is 1.61 bits per heavy atom. The van der Waals surface area contributed by atoms with Gasteiger partial charge in [-0.05, 0) is 18.4 Å². The zero-order valence-electron chi connectivity index (χ0n) is 9.12. The van der Waals surface area contributed by atoms with Gasteiger partial charge in [-0.15, -0.1) is 0 Å². The number of alkyl halides is 3. The molecule has 1 N–H and O–H groups in total. The van der Waals surface area contributed by atoms with Gasteiger partial charge in [-0.1, -0.05) is 24.3 Å². The first-order valence-corrected chi connectivity index (χ1v) is 5.23. The minimum absolute atomic E-state index is 0.0305. The summed E-state index contributed by atoms with van der Waals surface area (Å²) >= 11 is 0. The fourth-order valence-corrected chi connectivity index (χ4v) is 1.92. The van der Waals surface area contributed by atoms with Crippen LogP contribution in [0.4, 0.5) is 13.2 Å². The third-order valence-corrected chi connectivity index (χ3v) is 3.19. The lowest BCUT2D eigenvalue weighted by atomic mass is 9.94. The molecule has 1 aromatic carbocycles. The number of ketones is 1. The molecule has 1 aliphatic rings. The van der Waals surface area contributed by atoms with Crippen molar-refractivity contribution in [2.24, 2.45) is 0 Å². The van der Waals surface area contributed by atoms with Crippen molar-refractivity contribution in [3.63, 3.8) is 0 Å². The SMILES string of the molecule is O=C(O)C(=O)c1ccc(C2(C(F)(F)F)CC2)cc1. The van der Waals surface area contributed by atoms with Crippen molar-refractivity contribution in [2.45, 2.75) is 24.4 Å². The Morgan fingerprint density at radius 1 is 1.11 bits per heavy atom. The number of rotatable bonds is 3. The summed E-state index contributed by atoms with van der Waals surface area (Å²) in [6.07, 6.45) is -4.25. The lowest BCUT2D eigenvalue weighted by Crippen LogP contribution is -2.28. The Kier molecular flexibility index (Phi) is 2.68. The molecule has 18 heavy (non-hydrogen) atoms. The van der Waals surface area contributed by atoms with Gasteiger partial charge in [-0.25, -0.2) is 4.79 Å². The molecule has 1 aliphatic carbocycles. The van der Waals surface area contributed by atoms with Gasteiger partial charge in [0, 0.05) is 5.56 Å². The summed E-state index contributed by atoms with van der Waals surface area (Å²) in [4.78, 5) is 21.5.